The Bertz CT molecular complexity index is 666. The van der Waals surface area contributed by atoms with Crippen LogP contribution in [0.15, 0.2) is 23.0 Å². The van der Waals surface area contributed by atoms with Gasteiger partial charge in [0.15, 0.2) is 0 Å². The molecule has 0 fully saturated rings. The molecule has 0 bridgehead atoms. The minimum absolute atomic E-state index is 0.0318. The molecule has 1 unspecified atom stereocenters. The molecule has 21 heavy (non-hydrogen) atoms. The van der Waals surface area contributed by atoms with Gasteiger partial charge in [-0.2, -0.15) is 0 Å². The number of aromatic nitrogens is 2. The van der Waals surface area contributed by atoms with E-state index >= 15 is 0 Å². The molecule has 2 rings (SSSR count). The Hall–Kier alpha value is -1.55. The first-order valence-electron chi connectivity index (χ1n) is 7.84. The van der Waals surface area contributed by atoms with Crippen molar-refractivity contribution in [2.75, 3.05) is 6.54 Å². The fourth-order valence-corrected chi connectivity index (χ4v) is 2.87. The standard InChI is InChI=1S/C17H27N3O/c1-6-18-14(9-7-12(2)3)13-8-10-15-16(11-13)20(5)17(21)19(15)4/h8,10-12,14,18H,6-7,9H2,1-5H3. The molecule has 0 saturated carbocycles. The summed E-state index contributed by atoms with van der Waals surface area (Å²) >= 11 is 0. The zero-order chi connectivity index (χ0) is 15.6. The molecule has 0 aliphatic carbocycles. The van der Waals surface area contributed by atoms with E-state index in [1.54, 1.807) is 9.13 Å². The van der Waals surface area contributed by atoms with Gasteiger partial charge >= 0.3 is 5.69 Å². The molecular weight excluding hydrogens is 262 g/mol. The summed E-state index contributed by atoms with van der Waals surface area (Å²) in [4.78, 5) is 12.0. The van der Waals surface area contributed by atoms with E-state index in [2.05, 4.69) is 44.3 Å². The smallest absolute Gasteiger partial charge is 0.310 e. The number of imidazole rings is 1. The Balaban J connectivity index is 2.39. The van der Waals surface area contributed by atoms with Crippen LogP contribution in [0.5, 0.6) is 0 Å². The zero-order valence-corrected chi connectivity index (χ0v) is 13.8. The van der Waals surface area contributed by atoms with Crippen LogP contribution in [0.1, 0.15) is 45.2 Å². The number of nitrogens with one attached hydrogen (secondary N) is 1. The van der Waals surface area contributed by atoms with E-state index in [-0.39, 0.29) is 5.69 Å². The summed E-state index contributed by atoms with van der Waals surface area (Å²) in [5, 5.41) is 3.57. The molecule has 0 radical (unpaired) electrons. The summed E-state index contributed by atoms with van der Waals surface area (Å²) in [6.45, 7) is 7.61. The largest absolute Gasteiger partial charge is 0.328 e. The monoisotopic (exact) mass is 289 g/mol. The van der Waals surface area contributed by atoms with E-state index in [9.17, 15) is 4.79 Å². The summed E-state index contributed by atoms with van der Waals surface area (Å²) in [6, 6.07) is 6.73. The minimum atomic E-state index is 0.0318. The number of rotatable bonds is 6. The quantitative estimate of drug-likeness (QED) is 0.888. The highest BCUT2D eigenvalue weighted by Crippen LogP contribution is 2.24. The van der Waals surface area contributed by atoms with Gasteiger partial charge in [-0.1, -0.05) is 26.8 Å². The molecule has 0 saturated heterocycles. The normalized spacial score (nSPS) is 13.2. The number of fused-ring (bicyclic) bond motifs is 1. The molecule has 0 aliphatic rings. The van der Waals surface area contributed by atoms with Crippen molar-refractivity contribution >= 4 is 11.0 Å². The number of nitrogens with zero attached hydrogens (tertiary/aromatic N) is 2. The van der Waals surface area contributed by atoms with E-state index in [1.807, 2.05) is 14.1 Å². The van der Waals surface area contributed by atoms with Crippen LogP contribution in [-0.2, 0) is 14.1 Å². The lowest BCUT2D eigenvalue weighted by Crippen LogP contribution is -2.21. The van der Waals surface area contributed by atoms with Crippen molar-refractivity contribution in [2.24, 2.45) is 20.0 Å². The Labute approximate surface area is 126 Å². The molecule has 4 nitrogen and oxygen atoms in total. The van der Waals surface area contributed by atoms with Crippen LogP contribution in [0.2, 0.25) is 0 Å². The zero-order valence-electron chi connectivity index (χ0n) is 13.8. The maximum Gasteiger partial charge on any atom is 0.328 e. The molecular formula is C17H27N3O. The molecule has 1 aromatic carbocycles. The third-order valence-corrected chi connectivity index (χ3v) is 4.18. The van der Waals surface area contributed by atoms with Gasteiger partial charge in [-0.25, -0.2) is 4.79 Å². The third-order valence-electron chi connectivity index (χ3n) is 4.18. The van der Waals surface area contributed by atoms with Crippen molar-refractivity contribution < 1.29 is 0 Å². The fourth-order valence-electron chi connectivity index (χ4n) is 2.87. The molecule has 2 aromatic rings. The van der Waals surface area contributed by atoms with Gasteiger partial charge < -0.3 is 5.32 Å². The van der Waals surface area contributed by atoms with Gasteiger partial charge in [0.25, 0.3) is 0 Å². The minimum Gasteiger partial charge on any atom is -0.310 e. The summed E-state index contributed by atoms with van der Waals surface area (Å²) < 4.78 is 3.43. The van der Waals surface area contributed by atoms with Crippen molar-refractivity contribution in [1.82, 2.24) is 14.5 Å². The first kappa shape index (κ1) is 15.8. The van der Waals surface area contributed by atoms with Crippen LogP contribution in [-0.4, -0.2) is 15.7 Å². The molecule has 1 heterocycles. The summed E-state index contributed by atoms with van der Waals surface area (Å²) in [5.74, 6) is 0.705. The Morgan fingerprint density at radius 1 is 1.10 bits per heavy atom. The summed E-state index contributed by atoms with van der Waals surface area (Å²) in [7, 11) is 3.66. The van der Waals surface area contributed by atoms with E-state index in [4.69, 9.17) is 0 Å². The van der Waals surface area contributed by atoms with E-state index in [0.717, 1.165) is 24.0 Å². The predicted molar refractivity (Wildman–Crippen MR) is 88.6 cm³/mol. The highest BCUT2D eigenvalue weighted by atomic mass is 16.1. The lowest BCUT2D eigenvalue weighted by molar-refractivity contribution is 0.448. The van der Waals surface area contributed by atoms with Gasteiger partial charge in [0.05, 0.1) is 11.0 Å². The van der Waals surface area contributed by atoms with Gasteiger partial charge in [0.2, 0.25) is 0 Å². The first-order chi connectivity index (χ1) is 9.95. The number of benzene rings is 1. The first-order valence-corrected chi connectivity index (χ1v) is 7.84. The average molecular weight is 289 g/mol. The number of hydrogen-bond acceptors (Lipinski definition) is 2. The second kappa shape index (κ2) is 6.48. The fraction of sp³-hybridized carbons (Fsp3) is 0.588. The molecule has 1 N–H and O–H groups in total. The second-order valence-electron chi connectivity index (χ2n) is 6.23. The van der Waals surface area contributed by atoms with Gasteiger partial charge in [-0.3, -0.25) is 9.13 Å². The summed E-state index contributed by atoms with van der Waals surface area (Å²) in [6.07, 6.45) is 2.32. The topological polar surface area (TPSA) is 39.0 Å². The van der Waals surface area contributed by atoms with Crippen molar-refractivity contribution in [2.45, 2.75) is 39.7 Å². The van der Waals surface area contributed by atoms with Crippen LogP contribution in [0.25, 0.3) is 11.0 Å². The van der Waals surface area contributed by atoms with Crippen LogP contribution in [0, 0.1) is 5.92 Å². The average Bonchev–Trinajstić information content (AvgIpc) is 2.68. The third kappa shape index (κ3) is 3.21. The van der Waals surface area contributed by atoms with Crippen LogP contribution in [0.4, 0.5) is 0 Å². The van der Waals surface area contributed by atoms with Crippen molar-refractivity contribution in [3.63, 3.8) is 0 Å². The number of aryl methyl sites for hydroxylation is 2. The molecule has 116 valence electrons. The van der Waals surface area contributed by atoms with Crippen molar-refractivity contribution in [1.29, 1.82) is 0 Å². The second-order valence-corrected chi connectivity index (χ2v) is 6.23. The van der Waals surface area contributed by atoms with E-state index in [0.29, 0.717) is 12.0 Å². The van der Waals surface area contributed by atoms with Gasteiger partial charge in [-0.15, -0.1) is 0 Å². The summed E-state index contributed by atoms with van der Waals surface area (Å²) in [5.41, 5.74) is 3.30. The number of hydrogen-bond donors (Lipinski definition) is 1. The van der Waals surface area contributed by atoms with Gasteiger partial charge in [-0.05, 0) is 43.0 Å². The lowest BCUT2D eigenvalue weighted by atomic mass is 9.97. The SMILES string of the molecule is CCNC(CCC(C)C)c1ccc2c(c1)n(C)c(=O)n2C. The van der Waals surface area contributed by atoms with Crippen molar-refractivity contribution in [3.05, 3.63) is 34.2 Å². The van der Waals surface area contributed by atoms with Crippen LogP contribution >= 0.6 is 0 Å². The Kier molecular flexibility index (Phi) is 4.88. The molecule has 0 aliphatic heterocycles. The highest BCUT2D eigenvalue weighted by molar-refractivity contribution is 5.77. The van der Waals surface area contributed by atoms with Crippen LogP contribution in [0.3, 0.4) is 0 Å². The Morgan fingerprint density at radius 2 is 1.76 bits per heavy atom. The predicted octanol–water partition coefficient (Wildman–Crippen LogP) is 2.96. The maximum absolute atomic E-state index is 12.0. The van der Waals surface area contributed by atoms with Crippen molar-refractivity contribution in [3.8, 4) is 0 Å². The molecule has 1 aromatic heterocycles. The van der Waals surface area contributed by atoms with Crippen LogP contribution < -0.4 is 11.0 Å². The lowest BCUT2D eigenvalue weighted by Gasteiger charge is -2.19. The van der Waals surface area contributed by atoms with Gasteiger partial charge in [0.1, 0.15) is 0 Å². The molecule has 1 atom stereocenters. The molecule has 0 spiro atoms. The molecule has 4 heteroatoms. The van der Waals surface area contributed by atoms with E-state index < -0.39 is 0 Å². The highest BCUT2D eigenvalue weighted by Gasteiger charge is 2.14. The Morgan fingerprint density at radius 3 is 2.38 bits per heavy atom. The molecule has 0 amide bonds. The maximum atomic E-state index is 12.0. The van der Waals surface area contributed by atoms with Gasteiger partial charge in [0, 0.05) is 20.1 Å². The van der Waals surface area contributed by atoms with E-state index in [1.165, 1.54) is 12.0 Å².